The van der Waals surface area contributed by atoms with Gasteiger partial charge in [-0.15, -0.1) is 0 Å². The largest absolute Gasteiger partial charge is 0.481 e. The van der Waals surface area contributed by atoms with E-state index in [0.717, 1.165) is 6.42 Å². The summed E-state index contributed by atoms with van der Waals surface area (Å²) in [7, 11) is 0. The van der Waals surface area contributed by atoms with E-state index in [9.17, 15) is 9.90 Å². The van der Waals surface area contributed by atoms with Gasteiger partial charge in [-0.1, -0.05) is 34.1 Å². The zero-order chi connectivity index (χ0) is 11.4. The number of carboxylic acid groups (broad SMARTS) is 1. The van der Waals surface area contributed by atoms with Gasteiger partial charge in [0, 0.05) is 0 Å². The molecule has 3 nitrogen and oxygen atoms in total. The second-order valence-electron chi connectivity index (χ2n) is 4.58. The Morgan fingerprint density at radius 3 is 2.14 bits per heavy atom. The molecule has 0 saturated heterocycles. The van der Waals surface area contributed by atoms with E-state index in [2.05, 4.69) is 0 Å². The van der Waals surface area contributed by atoms with Crippen molar-refractivity contribution in [2.24, 2.45) is 11.8 Å². The molecule has 14 heavy (non-hydrogen) atoms. The maximum atomic E-state index is 10.7. The predicted molar refractivity (Wildman–Crippen MR) is 56.1 cm³/mol. The Bertz CT molecular complexity index is 189. The standard InChI is InChI=1S/C11H22O3/c1-5-9(4)11(14,6-8(2)3)7-10(12)13/h8-9,14H,5-7H2,1-4H3,(H,12,13). The van der Waals surface area contributed by atoms with Gasteiger partial charge in [-0.25, -0.2) is 0 Å². The van der Waals surface area contributed by atoms with Crippen LogP contribution in [0.2, 0.25) is 0 Å². The molecule has 0 aliphatic carbocycles. The number of aliphatic carboxylic acids is 1. The minimum atomic E-state index is -1.05. The van der Waals surface area contributed by atoms with Crippen LogP contribution in [-0.2, 0) is 4.79 Å². The van der Waals surface area contributed by atoms with Crippen molar-refractivity contribution in [2.75, 3.05) is 0 Å². The summed E-state index contributed by atoms with van der Waals surface area (Å²) in [6.45, 7) is 7.87. The molecular formula is C11H22O3. The lowest BCUT2D eigenvalue weighted by molar-refractivity contribution is -0.146. The molecule has 84 valence electrons. The van der Waals surface area contributed by atoms with Crippen LogP contribution >= 0.6 is 0 Å². The molecule has 0 saturated carbocycles. The number of hydrogen-bond acceptors (Lipinski definition) is 2. The summed E-state index contributed by atoms with van der Waals surface area (Å²) in [5, 5.41) is 19.0. The van der Waals surface area contributed by atoms with Crippen molar-refractivity contribution in [2.45, 2.75) is 52.6 Å². The fourth-order valence-corrected chi connectivity index (χ4v) is 1.80. The van der Waals surface area contributed by atoms with Gasteiger partial charge < -0.3 is 10.2 Å². The van der Waals surface area contributed by atoms with Gasteiger partial charge in [-0.05, 0) is 18.3 Å². The lowest BCUT2D eigenvalue weighted by Gasteiger charge is -2.34. The number of carbonyl (C=O) groups is 1. The number of hydrogen-bond donors (Lipinski definition) is 2. The SMILES string of the molecule is CCC(C)C(O)(CC(=O)O)CC(C)C. The molecule has 0 heterocycles. The summed E-state index contributed by atoms with van der Waals surface area (Å²) in [5.74, 6) is -0.581. The van der Waals surface area contributed by atoms with Crippen LogP contribution in [0.3, 0.4) is 0 Å². The second-order valence-corrected chi connectivity index (χ2v) is 4.58. The van der Waals surface area contributed by atoms with Crippen molar-refractivity contribution in [3.63, 3.8) is 0 Å². The molecule has 0 radical (unpaired) electrons. The first-order valence-corrected chi connectivity index (χ1v) is 5.26. The van der Waals surface area contributed by atoms with Crippen LogP contribution in [0.5, 0.6) is 0 Å². The van der Waals surface area contributed by atoms with Crippen LogP contribution in [0, 0.1) is 11.8 Å². The summed E-state index contributed by atoms with van der Waals surface area (Å²) in [6, 6.07) is 0. The van der Waals surface area contributed by atoms with Crippen LogP contribution in [-0.4, -0.2) is 21.8 Å². The Balaban J connectivity index is 4.56. The zero-order valence-electron chi connectivity index (χ0n) is 9.58. The third kappa shape index (κ3) is 4.09. The van der Waals surface area contributed by atoms with Crippen LogP contribution in [0.25, 0.3) is 0 Å². The van der Waals surface area contributed by atoms with E-state index in [0.29, 0.717) is 12.3 Å². The highest BCUT2D eigenvalue weighted by Crippen LogP contribution is 2.30. The predicted octanol–water partition coefficient (Wildman–Crippen LogP) is 2.28. The van der Waals surface area contributed by atoms with Gasteiger partial charge in [0.05, 0.1) is 12.0 Å². The third-order valence-corrected chi connectivity index (χ3v) is 2.75. The molecular weight excluding hydrogens is 180 g/mol. The Hall–Kier alpha value is -0.570. The van der Waals surface area contributed by atoms with Gasteiger partial charge in [-0.3, -0.25) is 4.79 Å². The van der Waals surface area contributed by atoms with Crippen molar-refractivity contribution < 1.29 is 15.0 Å². The third-order valence-electron chi connectivity index (χ3n) is 2.75. The van der Waals surface area contributed by atoms with Gasteiger partial charge >= 0.3 is 5.97 Å². The molecule has 0 fully saturated rings. The Labute approximate surface area is 86.1 Å². The van der Waals surface area contributed by atoms with E-state index in [1.165, 1.54) is 0 Å². The van der Waals surface area contributed by atoms with Gasteiger partial charge in [0.2, 0.25) is 0 Å². The van der Waals surface area contributed by atoms with Crippen LogP contribution in [0.4, 0.5) is 0 Å². The molecule has 3 heteroatoms. The van der Waals surface area contributed by atoms with Crippen molar-refractivity contribution >= 4 is 5.97 Å². The lowest BCUT2D eigenvalue weighted by atomic mass is 9.78. The first kappa shape index (κ1) is 13.4. The summed E-state index contributed by atoms with van der Waals surface area (Å²) in [6.07, 6.45) is 1.20. The molecule has 0 aliphatic rings. The van der Waals surface area contributed by atoms with Crippen LogP contribution < -0.4 is 0 Å². The molecule has 0 bridgehead atoms. The molecule has 2 N–H and O–H groups in total. The van der Waals surface area contributed by atoms with E-state index in [1.54, 1.807) is 0 Å². The topological polar surface area (TPSA) is 57.5 Å². The first-order chi connectivity index (χ1) is 6.31. The number of aliphatic hydroxyl groups is 1. The molecule has 0 rings (SSSR count). The second kappa shape index (κ2) is 5.35. The van der Waals surface area contributed by atoms with Crippen molar-refractivity contribution in [3.05, 3.63) is 0 Å². The Morgan fingerprint density at radius 2 is 1.86 bits per heavy atom. The first-order valence-electron chi connectivity index (χ1n) is 5.26. The minimum Gasteiger partial charge on any atom is -0.481 e. The van der Waals surface area contributed by atoms with Gasteiger partial charge in [0.15, 0.2) is 0 Å². The van der Waals surface area contributed by atoms with Gasteiger partial charge in [0.25, 0.3) is 0 Å². The molecule has 0 amide bonds. The Morgan fingerprint density at radius 1 is 1.36 bits per heavy atom. The smallest absolute Gasteiger partial charge is 0.306 e. The van der Waals surface area contributed by atoms with E-state index < -0.39 is 11.6 Å². The fourth-order valence-electron chi connectivity index (χ4n) is 1.80. The molecule has 2 unspecified atom stereocenters. The van der Waals surface area contributed by atoms with E-state index in [1.807, 2.05) is 27.7 Å². The lowest BCUT2D eigenvalue weighted by Crippen LogP contribution is -2.39. The Kier molecular flexibility index (Phi) is 5.13. The summed E-state index contributed by atoms with van der Waals surface area (Å²) < 4.78 is 0. The molecule has 0 aromatic carbocycles. The average Bonchev–Trinajstić information content (AvgIpc) is 1.99. The van der Waals surface area contributed by atoms with E-state index in [4.69, 9.17) is 5.11 Å². The molecule has 0 aromatic heterocycles. The normalized spacial score (nSPS) is 17.9. The summed E-state index contributed by atoms with van der Waals surface area (Å²) in [5.41, 5.74) is -1.05. The average molecular weight is 202 g/mol. The van der Waals surface area contributed by atoms with Gasteiger partial charge in [0.1, 0.15) is 0 Å². The fraction of sp³-hybridized carbons (Fsp3) is 0.909. The highest BCUT2D eigenvalue weighted by atomic mass is 16.4. The highest BCUT2D eigenvalue weighted by Gasteiger charge is 2.35. The minimum absolute atomic E-state index is 0.0287. The summed E-state index contributed by atoms with van der Waals surface area (Å²) >= 11 is 0. The number of rotatable bonds is 6. The van der Waals surface area contributed by atoms with E-state index >= 15 is 0 Å². The molecule has 2 atom stereocenters. The van der Waals surface area contributed by atoms with Crippen LogP contribution in [0.15, 0.2) is 0 Å². The monoisotopic (exact) mass is 202 g/mol. The summed E-state index contributed by atoms with van der Waals surface area (Å²) in [4.78, 5) is 10.7. The highest BCUT2D eigenvalue weighted by molar-refractivity contribution is 5.68. The quantitative estimate of drug-likeness (QED) is 0.694. The molecule has 0 aliphatic heterocycles. The maximum absolute atomic E-state index is 10.7. The molecule has 0 spiro atoms. The van der Waals surface area contributed by atoms with E-state index in [-0.39, 0.29) is 12.3 Å². The maximum Gasteiger partial charge on any atom is 0.306 e. The molecule has 0 aromatic rings. The van der Waals surface area contributed by atoms with Crippen molar-refractivity contribution in [1.82, 2.24) is 0 Å². The van der Waals surface area contributed by atoms with Crippen molar-refractivity contribution in [3.8, 4) is 0 Å². The number of carboxylic acids is 1. The zero-order valence-corrected chi connectivity index (χ0v) is 9.58. The van der Waals surface area contributed by atoms with Crippen LogP contribution in [0.1, 0.15) is 47.0 Å². The van der Waals surface area contributed by atoms with Crippen molar-refractivity contribution in [1.29, 1.82) is 0 Å². The van der Waals surface area contributed by atoms with Gasteiger partial charge in [-0.2, -0.15) is 0 Å².